The van der Waals surface area contributed by atoms with Gasteiger partial charge >= 0.3 is 0 Å². The minimum absolute atomic E-state index is 0.380. The number of benzene rings is 1. The first-order chi connectivity index (χ1) is 13.6. The molecule has 1 aromatic carbocycles. The highest BCUT2D eigenvalue weighted by Gasteiger charge is 2.26. The fourth-order valence-corrected chi connectivity index (χ4v) is 5.29. The number of nitrogens with zero attached hydrogens (tertiary/aromatic N) is 3. The molecule has 1 fully saturated rings. The Labute approximate surface area is 168 Å². The number of hydrogen-bond acceptors (Lipinski definition) is 5. The molecule has 0 saturated carbocycles. The second kappa shape index (κ2) is 10.3. The number of morpholine rings is 1. The molecule has 28 heavy (non-hydrogen) atoms. The molecular formula is C21H31N3O3S. The first-order valence-corrected chi connectivity index (χ1v) is 11.7. The van der Waals surface area contributed by atoms with Gasteiger partial charge in [-0.3, -0.25) is 9.88 Å². The van der Waals surface area contributed by atoms with Gasteiger partial charge in [0.05, 0.1) is 18.1 Å². The Hall–Kier alpha value is -1.54. The van der Waals surface area contributed by atoms with Crippen molar-refractivity contribution in [3.63, 3.8) is 0 Å². The van der Waals surface area contributed by atoms with Gasteiger partial charge in [-0.05, 0) is 18.6 Å². The van der Waals surface area contributed by atoms with Crippen molar-refractivity contribution >= 4 is 20.8 Å². The maximum absolute atomic E-state index is 13.5. The standard InChI is InChI=1S/C21H31N3O3S/c1-2-3-4-5-11-24(13-12-23-14-16-27-17-15-23)28(25,26)21-8-6-7-19-18-22-10-9-20(19)21/h6-10,18H,2-5,11-17H2,1H3. The Morgan fingerprint density at radius 1 is 1.11 bits per heavy atom. The number of sulfonamides is 1. The monoisotopic (exact) mass is 405 g/mol. The molecule has 0 spiro atoms. The number of ether oxygens (including phenoxy) is 1. The second-order valence-electron chi connectivity index (χ2n) is 7.27. The molecule has 0 N–H and O–H groups in total. The van der Waals surface area contributed by atoms with E-state index in [0.717, 1.165) is 69.3 Å². The molecule has 0 amide bonds. The third-order valence-corrected chi connectivity index (χ3v) is 7.25. The summed E-state index contributed by atoms with van der Waals surface area (Å²) in [5.41, 5.74) is 0. The molecule has 6 nitrogen and oxygen atoms in total. The van der Waals surface area contributed by atoms with Crippen molar-refractivity contribution in [3.8, 4) is 0 Å². The summed E-state index contributed by atoms with van der Waals surface area (Å²) < 4.78 is 34.2. The van der Waals surface area contributed by atoms with Crippen molar-refractivity contribution in [3.05, 3.63) is 36.7 Å². The molecule has 1 aliphatic rings. The number of hydrogen-bond donors (Lipinski definition) is 0. The van der Waals surface area contributed by atoms with Crippen molar-refractivity contribution in [2.24, 2.45) is 0 Å². The van der Waals surface area contributed by atoms with Crippen LogP contribution in [0.2, 0.25) is 0 Å². The van der Waals surface area contributed by atoms with Crippen LogP contribution in [0.15, 0.2) is 41.6 Å². The summed E-state index contributed by atoms with van der Waals surface area (Å²) in [6.07, 6.45) is 7.59. The van der Waals surface area contributed by atoms with Crippen molar-refractivity contribution < 1.29 is 13.2 Å². The van der Waals surface area contributed by atoms with Gasteiger partial charge < -0.3 is 4.74 Å². The number of pyridine rings is 1. The molecule has 0 bridgehead atoms. The van der Waals surface area contributed by atoms with E-state index in [1.54, 1.807) is 34.9 Å². The SMILES string of the molecule is CCCCCCN(CCN1CCOCC1)S(=O)(=O)c1cccc2cnccc12. The van der Waals surface area contributed by atoms with E-state index in [1.165, 1.54) is 0 Å². The molecule has 0 atom stereocenters. The third-order valence-electron chi connectivity index (χ3n) is 5.29. The van der Waals surface area contributed by atoms with E-state index in [9.17, 15) is 8.42 Å². The van der Waals surface area contributed by atoms with Crippen LogP contribution in [0.25, 0.3) is 10.8 Å². The average molecular weight is 406 g/mol. The quantitative estimate of drug-likeness (QED) is 0.568. The Morgan fingerprint density at radius 2 is 1.93 bits per heavy atom. The van der Waals surface area contributed by atoms with Crippen LogP contribution in [-0.2, 0) is 14.8 Å². The minimum atomic E-state index is -3.57. The topological polar surface area (TPSA) is 62.7 Å². The molecule has 1 aromatic heterocycles. The Morgan fingerprint density at radius 3 is 2.71 bits per heavy atom. The maximum atomic E-state index is 13.5. The molecule has 0 unspecified atom stereocenters. The molecule has 154 valence electrons. The molecule has 1 saturated heterocycles. The summed E-state index contributed by atoms with van der Waals surface area (Å²) in [5.74, 6) is 0. The summed E-state index contributed by atoms with van der Waals surface area (Å²) in [6.45, 7) is 7.15. The van der Waals surface area contributed by atoms with E-state index in [1.807, 2.05) is 6.07 Å². The van der Waals surface area contributed by atoms with Gasteiger partial charge in [0, 0.05) is 55.9 Å². The number of aromatic nitrogens is 1. The molecule has 3 rings (SSSR count). The lowest BCUT2D eigenvalue weighted by Crippen LogP contribution is -2.43. The van der Waals surface area contributed by atoms with Gasteiger partial charge in [-0.15, -0.1) is 0 Å². The zero-order chi connectivity index (χ0) is 19.8. The number of rotatable bonds is 10. The summed E-state index contributed by atoms with van der Waals surface area (Å²) in [7, 11) is -3.57. The van der Waals surface area contributed by atoms with Crippen molar-refractivity contribution in [2.75, 3.05) is 45.9 Å². The highest BCUT2D eigenvalue weighted by Crippen LogP contribution is 2.25. The zero-order valence-corrected chi connectivity index (χ0v) is 17.5. The largest absolute Gasteiger partial charge is 0.379 e. The minimum Gasteiger partial charge on any atom is -0.379 e. The lowest BCUT2D eigenvalue weighted by molar-refractivity contribution is 0.0363. The van der Waals surface area contributed by atoms with Crippen LogP contribution in [0.5, 0.6) is 0 Å². The van der Waals surface area contributed by atoms with Crippen LogP contribution in [-0.4, -0.2) is 68.5 Å². The van der Waals surface area contributed by atoms with E-state index in [2.05, 4.69) is 16.8 Å². The molecule has 0 radical (unpaired) electrons. The van der Waals surface area contributed by atoms with E-state index >= 15 is 0 Å². The lowest BCUT2D eigenvalue weighted by Gasteiger charge is -2.30. The summed E-state index contributed by atoms with van der Waals surface area (Å²) in [4.78, 5) is 6.78. The zero-order valence-electron chi connectivity index (χ0n) is 16.7. The molecule has 2 heterocycles. The fraction of sp³-hybridized carbons (Fsp3) is 0.571. The third kappa shape index (κ3) is 5.29. The van der Waals surface area contributed by atoms with E-state index < -0.39 is 10.0 Å². The summed E-state index contributed by atoms with van der Waals surface area (Å²) >= 11 is 0. The van der Waals surface area contributed by atoms with Crippen LogP contribution < -0.4 is 0 Å². The van der Waals surface area contributed by atoms with Gasteiger partial charge in [-0.1, -0.05) is 38.3 Å². The van der Waals surface area contributed by atoms with Gasteiger partial charge in [-0.25, -0.2) is 8.42 Å². The van der Waals surface area contributed by atoms with Gasteiger partial charge in [-0.2, -0.15) is 4.31 Å². The Kier molecular flexibility index (Phi) is 7.79. The van der Waals surface area contributed by atoms with Gasteiger partial charge in [0.15, 0.2) is 0 Å². The van der Waals surface area contributed by atoms with Crippen LogP contribution in [0.3, 0.4) is 0 Å². The Balaban J connectivity index is 1.81. The highest BCUT2D eigenvalue weighted by atomic mass is 32.2. The van der Waals surface area contributed by atoms with Crippen molar-refractivity contribution in [1.82, 2.24) is 14.2 Å². The second-order valence-corrected chi connectivity index (χ2v) is 9.18. The van der Waals surface area contributed by atoms with E-state index in [-0.39, 0.29) is 0 Å². The first kappa shape index (κ1) is 21.2. The van der Waals surface area contributed by atoms with Crippen LogP contribution in [0.4, 0.5) is 0 Å². The normalized spacial score (nSPS) is 16.1. The molecule has 1 aliphatic heterocycles. The number of fused-ring (bicyclic) bond motifs is 1. The maximum Gasteiger partial charge on any atom is 0.243 e. The lowest BCUT2D eigenvalue weighted by atomic mass is 10.2. The Bertz CT molecular complexity index is 846. The van der Waals surface area contributed by atoms with Crippen LogP contribution in [0, 0.1) is 0 Å². The predicted octanol–water partition coefficient (Wildman–Crippen LogP) is 3.14. The van der Waals surface area contributed by atoms with E-state index in [4.69, 9.17) is 4.74 Å². The highest BCUT2D eigenvalue weighted by molar-refractivity contribution is 7.89. The van der Waals surface area contributed by atoms with Gasteiger partial charge in [0.2, 0.25) is 10.0 Å². The van der Waals surface area contributed by atoms with E-state index in [0.29, 0.717) is 18.0 Å². The first-order valence-electron chi connectivity index (χ1n) is 10.3. The smallest absolute Gasteiger partial charge is 0.243 e. The molecule has 0 aliphatic carbocycles. The van der Waals surface area contributed by atoms with Gasteiger partial charge in [0.1, 0.15) is 0 Å². The average Bonchev–Trinajstić information content (AvgIpc) is 2.73. The van der Waals surface area contributed by atoms with Crippen LogP contribution >= 0.6 is 0 Å². The summed E-state index contributed by atoms with van der Waals surface area (Å²) in [6, 6.07) is 7.21. The van der Waals surface area contributed by atoms with Crippen molar-refractivity contribution in [1.29, 1.82) is 0 Å². The van der Waals surface area contributed by atoms with Crippen molar-refractivity contribution in [2.45, 2.75) is 37.5 Å². The number of unbranched alkanes of at least 4 members (excludes halogenated alkanes) is 3. The van der Waals surface area contributed by atoms with Gasteiger partial charge in [0.25, 0.3) is 0 Å². The molecule has 7 heteroatoms. The fourth-order valence-electron chi connectivity index (χ4n) is 3.60. The molecule has 2 aromatic rings. The van der Waals surface area contributed by atoms with Crippen LogP contribution in [0.1, 0.15) is 32.6 Å². The molecular weight excluding hydrogens is 374 g/mol. The summed E-state index contributed by atoms with van der Waals surface area (Å²) in [5, 5.41) is 1.59. The predicted molar refractivity (Wildman–Crippen MR) is 112 cm³/mol.